The van der Waals surface area contributed by atoms with Crippen molar-refractivity contribution in [1.29, 1.82) is 0 Å². The van der Waals surface area contributed by atoms with Crippen LogP contribution in [0.15, 0.2) is 30.5 Å². The zero-order chi connectivity index (χ0) is 14.1. The molecule has 1 amide bonds. The molecule has 1 fully saturated rings. The van der Waals surface area contributed by atoms with E-state index in [1.165, 1.54) is 0 Å². The van der Waals surface area contributed by atoms with E-state index in [1.807, 2.05) is 48.3 Å². The number of carbonyl (C=O) groups is 1. The van der Waals surface area contributed by atoms with Gasteiger partial charge in [-0.15, -0.1) is 0 Å². The number of H-pyrrole nitrogens is 1. The summed E-state index contributed by atoms with van der Waals surface area (Å²) in [6.45, 7) is 1.79. The van der Waals surface area contributed by atoms with Crippen molar-refractivity contribution in [1.82, 2.24) is 14.8 Å². The second-order valence-corrected chi connectivity index (χ2v) is 5.69. The van der Waals surface area contributed by atoms with Crippen molar-refractivity contribution in [3.63, 3.8) is 0 Å². The second kappa shape index (κ2) is 5.29. The molecule has 1 atom stereocenters. The first-order valence-corrected chi connectivity index (χ1v) is 7.19. The van der Waals surface area contributed by atoms with E-state index in [2.05, 4.69) is 11.1 Å². The van der Waals surface area contributed by atoms with E-state index in [1.54, 1.807) is 0 Å². The molecule has 4 heteroatoms. The number of likely N-dealkylation sites (tertiary alicyclic amines) is 1. The number of nitrogens with zero attached hydrogens (tertiary/aromatic N) is 2. The second-order valence-electron chi connectivity index (χ2n) is 5.69. The number of amides is 1. The quantitative estimate of drug-likeness (QED) is 0.931. The van der Waals surface area contributed by atoms with Crippen molar-refractivity contribution >= 4 is 16.8 Å². The molecule has 1 aromatic heterocycles. The topological polar surface area (TPSA) is 39.3 Å². The van der Waals surface area contributed by atoms with Gasteiger partial charge in [0.15, 0.2) is 0 Å². The Kier molecular flexibility index (Phi) is 3.49. The third-order valence-corrected chi connectivity index (χ3v) is 4.08. The number of likely N-dealkylation sites (N-methyl/N-ethyl adjacent to an activating group) is 1. The molecule has 2 heterocycles. The normalized spacial score (nSPS) is 17.1. The fourth-order valence-corrected chi connectivity index (χ4v) is 3.06. The van der Waals surface area contributed by atoms with Crippen LogP contribution in [-0.2, 0) is 4.79 Å². The largest absolute Gasteiger partial charge is 0.361 e. The molecule has 0 bridgehead atoms. The van der Waals surface area contributed by atoms with Crippen LogP contribution >= 0.6 is 0 Å². The SMILES string of the molecule is CN(C)C(C(=O)N1CCCC1)c1c[nH]c2ccccc12. The fourth-order valence-electron chi connectivity index (χ4n) is 3.06. The van der Waals surface area contributed by atoms with Gasteiger partial charge in [0.05, 0.1) is 0 Å². The highest BCUT2D eigenvalue weighted by molar-refractivity contribution is 5.91. The number of rotatable bonds is 3. The maximum absolute atomic E-state index is 12.8. The van der Waals surface area contributed by atoms with Crippen molar-refractivity contribution in [2.75, 3.05) is 27.2 Å². The van der Waals surface area contributed by atoms with Gasteiger partial charge in [-0.2, -0.15) is 0 Å². The lowest BCUT2D eigenvalue weighted by atomic mass is 10.0. The molecule has 4 nitrogen and oxygen atoms in total. The van der Waals surface area contributed by atoms with Crippen LogP contribution in [0.25, 0.3) is 10.9 Å². The van der Waals surface area contributed by atoms with E-state index in [0.29, 0.717) is 0 Å². The van der Waals surface area contributed by atoms with Crippen LogP contribution in [0.3, 0.4) is 0 Å². The third-order valence-electron chi connectivity index (χ3n) is 4.08. The van der Waals surface area contributed by atoms with Gasteiger partial charge in [0.2, 0.25) is 5.91 Å². The Balaban J connectivity index is 2.00. The monoisotopic (exact) mass is 271 g/mol. The minimum Gasteiger partial charge on any atom is -0.361 e. The van der Waals surface area contributed by atoms with Gasteiger partial charge in [-0.1, -0.05) is 18.2 Å². The molecule has 0 saturated carbocycles. The summed E-state index contributed by atoms with van der Waals surface area (Å²) < 4.78 is 0. The van der Waals surface area contributed by atoms with Crippen LogP contribution in [-0.4, -0.2) is 47.9 Å². The smallest absolute Gasteiger partial charge is 0.244 e. The maximum Gasteiger partial charge on any atom is 0.244 e. The molecule has 0 radical (unpaired) electrons. The zero-order valence-corrected chi connectivity index (χ0v) is 12.1. The van der Waals surface area contributed by atoms with Crippen LogP contribution in [0, 0.1) is 0 Å². The van der Waals surface area contributed by atoms with E-state index >= 15 is 0 Å². The lowest BCUT2D eigenvalue weighted by molar-refractivity contribution is -0.135. The maximum atomic E-state index is 12.8. The number of aromatic amines is 1. The molecule has 3 rings (SSSR count). The molecule has 1 unspecified atom stereocenters. The number of para-hydroxylation sites is 1. The molecule has 20 heavy (non-hydrogen) atoms. The number of hydrogen-bond donors (Lipinski definition) is 1. The highest BCUT2D eigenvalue weighted by Gasteiger charge is 2.30. The van der Waals surface area contributed by atoms with Gasteiger partial charge in [-0.25, -0.2) is 0 Å². The van der Waals surface area contributed by atoms with Crippen LogP contribution in [0.2, 0.25) is 0 Å². The molecule has 106 valence electrons. The predicted molar refractivity (Wildman–Crippen MR) is 80.5 cm³/mol. The van der Waals surface area contributed by atoms with Crippen LogP contribution in [0.4, 0.5) is 0 Å². The first kappa shape index (κ1) is 13.2. The van der Waals surface area contributed by atoms with Crippen LogP contribution < -0.4 is 0 Å². The number of benzene rings is 1. The van der Waals surface area contributed by atoms with E-state index in [9.17, 15) is 4.79 Å². The van der Waals surface area contributed by atoms with Gasteiger partial charge in [0, 0.05) is 35.8 Å². The average molecular weight is 271 g/mol. The van der Waals surface area contributed by atoms with Gasteiger partial charge in [-0.3, -0.25) is 9.69 Å². The molecule has 1 saturated heterocycles. The highest BCUT2D eigenvalue weighted by Crippen LogP contribution is 2.29. The van der Waals surface area contributed by atoms with Crippen LogP contribution in [0.5, 0.6) is 0 Å². The molecule has 1 aliphatic rings. The predicted octanol–water partition coefficient (Wildman–Crippen LogP) is 2.39. The molecule has 0 aliphatic carbocycles. The van der Waals surface area contributed by atoms with Gasteiger partial charge < -0.3 is 9.88 Å². The summed E-state index contributed by atoms with van der Waals surface area (Å²) in [6, 6.07) is 7.95. The fraction of sp³-hybridized carbons (Fsp3) is 0.438. The lowest BCUT2D eigenvalue weighted by Crippen LogP contribution is -2.38. The minimum absolute atomic E-state index is 0.204. The molecule has 1 aliphatic heterocycles. The molecular weight excluding hydrogens is 250 g/mol. The first-order valence-electron chi connectivity index (χ1n) is 7.19. The van der Waals surface area contributed by atoms with Crippen LogP contribution in [0.1, 0.15) is 24.4 Å². The Bertz CT molecular complexity index is 611. The van der Waals surface area contributed by atoms with Gasteiger partial charge in [0.1, 0.15) is 6.04 Å². The summed E-state index contributed by atoms with van der Waals surface area (Å²) in [6.07, 6.45) is 4.23. The standard InChI is InChI=1S/C16H21N3O/c1-18(2)15(16(20)19-9-5-6-10-19)13-11-17-14-8-4-3-7-12(13)14/h3-4,7-8,11,15,17H,5-6,9-10H2,1-2H3. The molecule has 1 N–H and O–H groups in total. The number of aromatic nitrogens is 1. The zero-order valence-electron chi connectivity index (χ0n) is 12.1. The summed E-state index contributed by atoms with van der Waals surface area (Å²) in [5, 5.41) is 1.14. The summed E-state index contributed by atoms with van der Waals surface area (Å²) >= 11 is 0. The van der Waals surface area contributed by atoms with E-state index in [0.717, 1.165) is 42.4 Å². The lowest BCUT2D eigenvalue weighted by Gasteiger charge is -2.27. The summed E-state index contributed by atoms with van der Waals surface area (Å²) in [5.41, 5.74) is 2.16. The van der Waals surface area contributed by atoms with Gasteiger partial charge >= 0.3 is 0 Å². The molecular formula is C16H21N3O. The molecule has 2 aromatic rings. The highest BCUT2D eigenvalue weighted by atomic mass is 16.2. The average Bonchev–Trinajstić information content (AvgIpc) is 3.08. The molecule has 1 aromatic carbocycles. The third kappa shape index (κ3) is 2.20. The Labute approximate surface area is 119 Å². The Morgan fingerprint density at radius 1 is 1.25 bits per heavy atom. The number of nitrogens with one attached hydrogen (secondary N) is 1. The Morgan fingerprint density at radius 2 is 1.95 bits per heavy atom. The van der Waals surface area contributed by atoms with E-state index < -0.39 is 0 Å². The first-order chi connectivity index (χ1) is 9.68. The minimum atomic E-state index is -0.204. The van der Waals surface area contributed by atoms with Crippen molar-refractivity contribution in [3.05, 3.63) is 36.0 Å². The van der Waals surface area contributed by atoms with E-state index in [-0.39, 0.29) is 11.9 Å². The Morgan fingerprint density at radius 3 is 2.65 bits per heavy atom. The number of carbonyl (C=O) groups excluding carboxylic acids is 1. The van der Waals surface area contributed by atoms with Crippen molar-refractivity contribution in [3.8, 4) is 0 Å². The van der Waals surface area contributed by atoms with Crippen molar-refractivity contribution in [2.24, 2.45) is 0 Å². The van der Waals surface area contributed by atoms with Crippen molar-refractivity contribution in [2.45, 2.75) is 18.9 Å². The number of fused-ring (bicyclic) bond motifs is 1. The number of hydrogen-bond acceptors (Lipinski definition) is 2. The summed E-state index contributed by atoms with van der Waals surface area (Å²) in [7, 11) is 3.95. The van der Waals surface area contributed by atoms with Gasteiger partial charge in [-0.05, 0) is 33.0 Å². The Hall–Kier alpha value is -1.81. The summed E-state index contributed by atoms with van der Waals surface area (Å²) in [5.74, 6) is 0.220. The van der Waals surface area contributed by atoms with Gasteiger partial charge in [0.25, 0.3) is 0 Å². The summed E-state index contributed by atoms with van der Waals surface area (Å²) in [4.78, 5) is 20.1. The van der Waals surface area contributed by atoms with E-state index in [4.69, 9.17) is 0 Å². The van der Waals surface area contributed by atoms with Crippen molar-refractivity contribution < 1.29 is 4.79 Å². The molecule has 0 spiro atoms.